The van der Waals surface area contributed by atoms with E-state index >= 15 is 0 Å². The number of rotatable bonds is 7. The lowest BCUT2D eigenvalue weighted by Gasteiger charge is -2.19. The summed E-state index contributed by atoms with van der Waals surface area (Å²) in [5.74, 6) is 0.953. The molecule has 140 valence electrons. The Labute approximate surface area is 156 Å². The summed E-state index contributed by atoms with van der Waals surface area (Å²) >= 11 is 1.50. The van der Waals surface area contributed by atoms with Crippen LogP contribution in [-0.4, -0.2) is 51.1 Å². The van der Waals surface area contributed by atoms with Gasteiger partial charge in [0.15, 0.2) is 5.13 Å². The fourth-order valence-corrected chi connectivity index (χ4v) is 3.81. The fourth-order valence-electron chi connectivity index (χ4n) is 2.93. The molecule has 1 fully saturated rings. The fraction of sp³-hybridized carbons (Fsp3) is 0.529. The van der Waals surface area contributed by atoms with E-state index in [4.69, 9.17) is 9.47 Å². The minimum Gasteiger partial charge on any atom is -0.478 e. The topological polar surface area (TPSA) is 89.5 Å². The van der Waals surface area contributed by atoms with Crippen molar-refractivity contribution in [1.29, 1.82) is 0 Å². The standard InChI is InChI=1S/C17H23N5O3S/c1-4-24-15-6-16(20-10-19-15)25-13-5-11(2)22(8-13)9-14-7-18-17(26-14)21-12(3)23/h6-7,10-11,13H,4-5,8-9H2,1-3H3,(H,18,21,23)/t11-,13+/m0/s1. The Hall–Kier alpha value is -2.26. The third kappa shape index (κ3) is 4.89. The molecule has 0 aromatic carbocycles. The van der Waals surface area contributed by atoms with E-state index in [-0.39, 0.29) is 12.0 Å². The summed E-state index contributed by atoms with van der Waals surface area (Å²) in [7, 11) is 0. The van der Waals surface area contributed by atoms with Gasteiger partial charge in [-0.15, -0.1) is 11.3 Å². The molecule has 1 saturated heterocycles. The maximum atomic E-state index is 11.1. The van der Waals surface area contributed by atoms with Gasteiger partial charge in [-0.25, -0.2) is 15.0 Å². The summed E-state index contributed by atoms with van der Waals surface area (Å²) < 4.78 is 11.4. The van der Waals surface area contributed by atoms with Crippen LogP contribution in [0.5, 0.6) is 11.8 Å². The lowest BCUT2D eigenvalue weighted by atomic mass is 10.2. The van der Waals surface area contributed by atoms with Gasteiger partial charge in [0, 0.05) is 43.5 Å². The molecule has 0 aliphatic carbocycles. The van der Waals surface area contributed by atoms with E-state index in [0.717, 1.165) is 24.4 Å². The van der Waals surface area contributed by atoms with Crippen LogP contribution in [-0.2, 0) is 11.3 Å². The zero-order valence-corrected chi connectivity index (χ0v) is 16.0. The summed E-state index contributed by atoms with van der Waals surface area (Å²) in [6.45, 7) is 7.73. The van der Waals surface area contributed by atoms with Crippen LogP contribution in [0.3, 0.4) is 0 Å². The SMILES string of the molecule is CCOc1cc(O[C@@H]2C[C@H](C)N(Cc3cnc(NC(C)=O)s3)C2)ncn1. The van der Waals surface area contributed by atoms with Crippen molar-refractivity contribution in [2.75, 3.05) is 18.5 Å². The van der Waals surface area contributed by atoms with E-state index in [1.807, 2.05) is 13.1 Å². The number of ether oxygens (including phenoxy) is 2. The Morgan fingerprint density at radius 2 is 2.19 bits per heavy atom. The minimum absolute atomic E-state index is 0.0668. The number of likely N-dealkylation sites (tertiary alicyclic amines) is 1. The number of carbonyl (C=O) groups excluding carboxylic acids is 1. The second-order valence-electron chi connectivity index (χ2n) is 6.19. The molecule has 0 saturated carbocycles. The first-order valence-corrected chi connectivity index (χ1v) is 9.43. The summed E-state index contributed by atoms with van der Waals surface area (Å²) in [6.07, 6.45) is 4.26. The predicted molar refractivity (Wildman–Crippen MR) is 98.5 cm³/mol. The number of nitrogens with zero attached hydrogens (tertiary/aromatic N) is 4. The van der Waals surface area contributed by atoms with Crippen LogP contribution < -0.4 is 14.8 Å². The van der Waals surface area contributed by atoms with Crippen LogP contribution in [0.15, 0.2) is 18.6 Å². The van der Waals surface area contributed by atoms with Gasteiger partial charge in [-0.1, -0.05) is 0 Å². The Morgan fingerprint density at radius 1 is 1.38 bits per heavy atom. The highest BCUT2D eigenvalue weighted by Gasteiger charge is 2.31. The average molecular weight is 377 g/mol. The number of carbonyl (C=O) groups is 1. The maximum absolute atomic E-state index is 11.1. The van der Waals surface area contributed by atoms with Crippen LogP contribution >= 0.6 is 11.3 Å². The van der Waals surface area contributed by atoms with Gasteiger partial charge in [0.25, 0.3) is 0 Å². The molecular formula is C17H23N5O3S. The number of anilines is 1. The molecule has 0 unspecified atom stereocenters. The monoisotopic (exact) mass is 377 g/mol. The molecule has 3 heterocycles. The molecule has 9 heteroatoms. The first kappa shape index (κ1) is 18.5. The molecule has 2 aromatic heterocycles. The molecule has 0 radical (unpaired) electrons. The highest BCUT2D eigenvalue weighted by atomic mass is 32.1. The van der Waals surface area contributed by atoms with Gasteiger partial charge in [0.05, 0.1) is 12.7 Å². The Balaban J connectivity index is 1.56. The van der Waals surface area contributed by atoms with Crippen LogP contribution in [0.25, 0.3) is 0 Å². The molecule has 1 aliphatic rings. The molecule has 0 spiro atoms. The third-order valence-electron chi connectivity index (χ3n) is 4.06. The maximum Gasteiger partial charge on any atom is 0.223 e. The van der Waals surface area contributed by atoms with E-state index < -0.39 is 0 Å². The van der Waals surface area contributed by atoms with Crippen molar-refractivity contribution in [3.63, 3.8) is 0 Å². The highest BCUT2D eigenvalue weighted by Crippen LogP contribution is 2.27. The Kier molecular flexibility index (Phi) is 6.00. The van der Waals surface area contributed by atoms with E-state index in [1.54, 1.807) is 6.07 Å². The summed E-state index contributed by atoms with van der Waals surface area (Å²) in [4.78, 5) is 27.0. The van der Waals surface area contributed by atoms with Gasteiger partial charge in [0.2, 0.25) is 17.7 Å². The van der Waals surface area contributed by atoms with Gasteiger partial charge in [-0.3, -0.25) is 9.69 Å². The van der Waals surface area contributed by atoms with Crippen molar-refractivity contribution in [2.24, 2.45) is 0 Å². The largest absolute Gasteiger partial charge is 0.478 e. The quantitative estimate of drug-likeness (QED) is 0.792. The van der Waals surface area contributed by atoms with E-state index in [1.165, 1.54) is 24.6 Å². The molecule has 2 atom stereocenters. The number of hydrogen-bond donors (Lipinski definition) is 1. The molecule has 1 aliphatic heterocycles. The van der Waals surface area contributed by atoms with Crippen molar-refractivity contribution in [1.82, 2.24) is 19.9 Å². The van der Waals surface area contributed by atoms with Crippen molar-refractivity contribution >= 4 is 22.4 Å². The lowest BCUT2D eigenvalue weighted by molar-refractivity contribution is -0.114. The number of nitrogens with one attached hydrogen (secondary N) is 1. The Morgan fingerprint density at radius 3 is 2.96 bits per heavy atom. The second-order valence-corrected chi connectivity index (χ2v) is 7.31. The summed E-state index contributed by atoms with van der Waals surface area (Å²) in [5, 5.41) is 3.35. The van der Waals surface area contributed by atoms with Crippen molar-refractivity contribution in [2.45, 2.75) is 45.9 Å². The van der Waals surface area contributed by atoms with Crippen LogP contribution in [0, 0.1) is 0 Å². The molecule has 0 bridgehead atoms. The lowest BCUT2D eigenvalue weighted by Crippen LogP contribution is -2.27. The van der Waals surface area contributed by atoms with Gasteiger partial charge in [0.1, 0.15) is 12.4 Å². The molecule has 2 aromatic rings. The van der Waals surface area contributed by atoms with E-state index in [9.17, 15) is 4.79 Å². The zero-order chi connectivity index (χ0) is 18.5. The number of hydrogen-bond acceptors (Lipinski definition) is 8. The van der Waals surface area contributed by atoms with Crippen molar-refractivity contribution in [3.05, 3.63) is 23.5 Å². The first-order valence-electron chi connectivity index (χ1n) is 8.61. The highest BCUT2D eigenvalue weighted by molar-refractivity contribution is 7.15. The zero-order valence-electron chi connectivity index (χ0n) is 15.1. The smallest absolute Gasteiger partial charge is 0.223 e. The van der Waals surface area contributed by atoms with Crippen molar-refractivity contribution < 1.29 is 14.3 Å². The van der Waals surface area contributed by atoms with Gasteiger partial charge >= 0.3 is 0 Å². The second kappa shape index (κ2) is 8.41. The molecule has 1 amide bonds. The Bertz CT molecular complexity index is 754. The van der Waals surface area contributed by atoms with Gasteiger partial charge in [-0.2, -0.15) is 0 Å². The predicted octanol–water partition coefficient (Wildman–Crippen LogP) is 2.33. The van der Waals surface area contributed by atoms with Crippen LogP contribution in [0.1, 0.15) is 32.1 Å². The number of amides is 1. The molecule has 26 heavy (non-hydrogen) atoms. The average Bonchev–Trinajstić information content (AvgIpc) is 3.14. The molecule has 8 nitrogen and oxygen atoms in total. The molecule has 3 rings (SSSR count). The minimum atomic E-state index is -0.106. The van der Waals surface area contributed by atoms with Crippen molar-refractivity contribution in [3.8, 4) is 11.8 Å². The normalized spacial score (nSPS) is 20.1. The summed E-state index contributed by atoms with van der Waals surface area (Å²) in [5.41, 5.74) is 0. The third-order valence-corrected chi connectivity index (χ3v) is 4.96. The van der Waals surface area contributed by atoms with Crippen LogP contribution in [0.2, 0.25) is 0 Å². The molecule has 1 N–H and O–H groups in total. The summed E-state index contributed by atoms with van der Waals surface area (Å²) in [6, 6.07) is 2.11. The molecular weight excluding hydrogens is 354 g/mol. The van der Waals surface area contributed by atoms with Crippen LogP contribution in [0.4, 0.5) is 5.13 Å². The van der Waals surface area contributed by atoms with E-state index in [2.05, 4.69) is 32.1 Å². The van der Waals surface area contributed by atoms with Gasteiger partial charge < -0.3 is 14.8 Å². The number of thiazole rings is 1. The first-order chi connectivity index (χ1) is 12.5. The van der Waals surface area contributed by atoms with E-state index in [0.29, 0.717) is 29.5 Å². The number of aromatic nitrogens is 3. The van der Waals surface area contributed by atoms with Gasteiger partial charge in [-0.05, 0) is 13.8 Å².